The molecule has 34 heavy (non-hydrogen) atoms. The number of nitro benzene ring substituents is 1. The molecule has 2 rings (SSSR count). The molecule has 2 amide bonds. The molecule has 0 spiro atoms. The van der Waals surface area contributed by atoms with Crippen LogP contribution in [0.2, 0.25) is 0 Å². The van der Waals surface area contributed by atoms with Crippen LogP contribution in [-0.2, 0) is 23.9 Å². The van der Waals surface area contributed by atoms with Crippen LogP contribution in [-0.4, -0.2) is 41.9 Å². The third kappa shape index (κ3) is 9.07. The van der Waals surface area contributed by atoms with Crippen LogP contribution < -0.4 is 10.6 Å². The number of nitrogens with one attached hydrogen (secondary N) is 2. The van der Waals surface area contributed by atoms with Crippen molar-refractivity contribution < 1.29 is 33.6 Å². The van der Waals surface area contributed by atoms with Gasteiger partial charge in [-0.3, -0.25) is 24.5 Å². The van der Waals surface area contributed by atoms with Gasteiger partial charge in [0.05, 0.1) is 23.5 Å². The van der Waals surface area contributed by atoms with Crippen molar-refractivity contribution >= 4 is 40.8 Å². The van der Waals surface area contributed by atoms with Gasteiger partial charge in [0, 0.05) is 29.9 Å². The number of nitro groups is 1. The number of esters is 2. The fourth-order valence-corrected chi connectivity index (χ4v) is 2.67. The van der Waals surface area contributed by atoms with Crippen LogP contribution in [0.3, 0.4) is 0 Å². The number of hydrogen-bond donors (Lipinski definition) is 2. The van der Waals surface area contributed by atoms with Gasteiger partial charge in [-0.1, -0.05) is 25.5 Å². The van der Waals surface area contributed by atoms with Crippen LogP contribution in [0.1, 0.15) is 43.0 Å². The second kappa shape index (κ2) is 13.3. The van der Waals surface area contributed by atoms with Crippen LogP contribution in [0.15, 0.2) is 48.5 Å². The molecular weight excluding hydrogens is 446 g/mol. The van der Waals surface area contributed by atoms with Crippen molar-refractivity contribution in [2.45, 2.75) is 32.6 Å². The maximum absolute atomic E-state index is 12.1. The molecule has 11 heteroatoms. The first kappa shape index (κ1) is 26.0. The van der Waals surface area contributed by atoms with Crippen LogP contribution in [0.4, 0.5) is 17.1 Å². The first-order valence-electron chi connectivity index (χ1n) is 10.6. The zero-order valence-electron chi connectivity index (χ0n) is 18.6. The topological polar surface area (TPSA) is 154 Å². The summed E-state index contributed by atoms with van der Waals surface area (Å²) < 4.78 is 9.96. The summed E-state index contributed by atoms with van der Waals surface area (Å²) >= 11 is 0. The predicted octanol–water partition coefficient (Wildman–Crippen LogP) is 3.45. The Morgan fingerprint density at radius 3 is 2.29 bits per heavy atom. The van der Waals surface area contributed by atoms with Crippen LogP contribution in [0.25, 0.3) is 0 Å². The van der Waals surface area contributed by atoms with Gasteiger partial charge < -0.3 is 20.1 Å². The monoisotopic (exact) mass is 471 g/mol. The summed E-state index contributed by atoms with van der Waals surface area (Å²) in [7, 11) is 0. The second-order valence-corrected chi connectivity index (χ2v) is 7.13. The van der Waals surface area contributed by atoms with E-state index >= 15 is 0 Å². The lowest BCUT2D eigenvalue weighted by Crippen LogP contribution is -2.21. The van der Waals surface area contributed by atoms with Gasteiger partial charge in [-0.15, -0.1) is 0 Å². The molecular formula is C23H25N3O8. The molecule has 2 aromatic carbocycles. The van der Waals surface area contributed by atoms with E-state index in [1.807, 2.05) is 6.92 Å². The van der Waals surface area contributed by atoms with Crippen LogP contribution in [0, 0.1) is 10.1 Å². The minimum atomic E-state index is -0.766. The summed E-state index contributed by atoms with van der Waals surface area (Å²) in [5.74, 6) is -2.41. The Bertz CT molecular complexity index is 1050. The Balaban J connectivity index is 1.73. The molecule has 0 aromatic heterocycles. The molecule has 0 saturated carbocycles. The molecule has 0 aliphatic carbocycles. The van der Waals surface area contributed by atoms with E-state index in [2.05, 4.69) is 10.6 Å². The molecule has 0 fully saturated rings. The molecule has 0 saturated heterocycles. The lowest BCUT2D eigenvalue weighted by Gasteiger charge is -2.08. The molecule has 0 radical (unpaired) electrons. The number of carbonyl (C=O) groups is 4. The Hall–Kier alpha value is -4.28. The lowest BCUT2D eigenvalue weighted by atomic mass is 10.2. The van der Waals surface area contributed by atoms with Gasteiger partial charge in [0.1, 0.15) is 0 Å². The molecule has 11 nitrogen and oxygen atoms in total. The highest BCUT2D eigenvalue weighted by Crippen LogP contribution is 2.17. The van der Waals surface area contributed by atoms with Gasteiger partial charge in [-0.25, -0.2) is 4.79 Å². The molecule has 0 unspecified atom stereocenters. The fraction of sp³-hybridized carbons (Fsp3) is 0.304. The third-order valence-corrected chi connectivity index (χ3v) is 4.37. The third-order valence-electron chi connectivity index (χ3n) is 4.37. The molecule has 180 valence electrons. The summed E-state index contributed by atoms with van der Waals surface area (Å²) in [6.07, 6.45) is 1.19. The van der Waals surface area contributed by atoms with E-state index in [1.54, 1.807) is 18.2 Å². The largest absolute Gasteiger partial charge is 0.462 e. The SMILES string of the molecule is CCCCOC(=O)c1cccc(NC(=O)CCC(=O)OCC(=O)Nc2cccc([N+](=O)[O-])c2)c1. The zero-order chi connectivity index (χ0) is 24.9. The van der Waals surface area contributed by atoms with Crippen molar-refractivity contribution in [3.63, 3.8) is 0 Å². The number of nitrogens with zero attached hydrogens (tertiary/aromatic N) is 1. The molecule has 0 bridgehead atoms. The quantitative estimate of drug-likeness (QED) is 0.206. The molecule has 2 aromatic rings. The zero-order valence-corrected chi connectivity index (χ0v) is 18.6. The van der Waals surface area contributed by atoms with Crippen molar-refractivity contribution in [3.05, 3.63) is 64.2 Å². The van der Waals surface area contributed by atoms with Gasteiger partial charge in [0.25, 0.3) is 11.6 Å². The maximum Gasteiger partial charge on any atom is 0.338 e. The number of hydrogen-bond acceptors (Lipinski definition) is 8. The van der Waals surface area contributed by atoms with E-state index in [1.165, 1.54) is 30.3 Å². The number of ether oxygens (including phenoxy) is 2. The van der Waals surface area contributed by atoms with E-state index in [4.69, 9.17) is 9.47 Å². The summed E-state index contributed by atoms with van der Waals surface area (Å²) in [6, 6.07) is 11.5. The first-order chi connectivity index (χ1) is 16.3. The van der Waals surface area contributed by atoms with E-state index in [0.29, 0.717) is 17.9 Å². The first-order valence-corrected chi connectivity index (χ1v) is 10.6. The summed E-state index contributed by atoms with van der Waals surface area (Å²) in [4.78, 5) is 58.0. The highest BCUT2D eigenvalue weighted by molar-refractivity contribution is 5.96. The lowest BCUT2D eigenvalue weighted by molar-refractivity contribution is -0.384. The number of unbranched alkanes of at least 4 members (excludes halogenated alkanes) is 1. The van der Waals surface area contributed by atoms with Crippen molar-refractivity contribution in [3.8, 4) is 0 Å². The molecule has 2 N–H and O–H groups in total. The van der Waals surface area contributed by atoms with Crippen molar-refractivity contribution in [1.82, 2.24) is 0 Å². The van der Waals surface area contributed by atoms with E-state index in [9.17, 15) is 29.3 Å². The molecule has 0 aliphatic heterocycles. The highest BCUT2D eigenvalue weighted by Gasteiger charge is 2.13. The Morgan fingerprint density at radius 1 is 0.912 bits per heavy atom. The van der Waals surface area contributed by atoms with Gasteiger partial charge in [-0.05, 0) is 30.7 Å². The number of anilines is 2. The summed E-state index contributed by atoms with van der Waals surface area (Å²) in [5.41, 5.74) is 0.661. The Labute approximate surface area is 195 Å². The number of amides is 2. The van der Waals surface area contributed by atoms with Gasteiger partial charge >= 0.3 is 11.9 Å². The van der Waals surface area contributed by atoms with Crippen molar-refractivity contribution in [2.24, 2.45) is 0 Å². The van der Waals surface area contributed by atoms with Gasteiger partial charge in [-0.2, -0.15) is 0 Å². The van der Waals surface area contributed by atoms with Gasteiger partial charge in [0.2, 0.25) is 5.91 Å². The predicted molar refractivity (Wildman–Crippen MR) is 122 cm³/mol. The number of non-ortho nitro benzene ring substituents is 1. The van der Waals surface area contributed by atoms with Gasteiger partial charge in [0.15, 0.2) is 6.61 Å². The maximum atomic E-state index is 12.1. The van der Waals surface area contributed by atoms with E-state index < -0.39 is 35.3 Å². The normalized spacial score (nSPS) is 10.1. The van der Waals surface area contributed by atoms with Crippen LogP contribution in [0.5, 0.6) is 0 Å². The average molecular weight is 471 g/mol. The molecule has 0 aliphatic rings. The summed E-state index contributed by atoms with van der Waals surface area (Å²) in [5, 5.41) is 15.7. The van der Waals surface area contributed by atoms with E-state index in [-0.39, 0.29) is 24.2 Å². The minimum absolute atomic E-state index is 0.186. The summed E-state index contributed by atoms with van der Waals surface area (Å²) in [6.45, 7) is 1.69. The molecule has 0 heterocycles. The van der Waals surface area contributed by atoms with Crippen molar-refractivity contribution in [1.29, 1.82) is 0 Å². The standard InChI is InChI=1S/C23H25N3O8/c1-2-3-12-33-23(30)16-6-4-7-17(13-16)24-20(27)10-11-22(29)34-15-21(28)25-18-8-5-9-19(14-18)26(31)32/h4-9,13-14H,2-3,10-12,15H2,1H3,(H,24,27)(H,25,28). The van der Waals surface area contributed by atoms with Crippen LogP contribution >= 0.6 is 0 Å². The minimum Gasteiger partial charge on any atom is -0.462 e. The fourth-order valence-electron chi connectivity index (χ4n) is 2.67. The van der Waals surface area contributed by atoms with Crippen molar-refractivity contribution in [2.75, 3.05) is 23.8 Å². The highest BCUT2D eigenvalue weighted by atomic mass is 16.6. The van der Waals surface area contributed by atoms with E-state index in [0.717, 1.165) is 12.8 Å². The Morgan fingerprint density at radius 2 is 1.59 bits per heavy atom. The number of benzene rings is 2. The average Bonchev–Trinajstić information content (AvgIpc) is 2.82. The smallest absolute Gasteiger partial charge is 0.338 e. The Kier molecular flexibility index (Phi) is 10.2. The molecule has 0 atom stereocenters. The second-order valence-electron chi connectivity index (χ2n) is 7.13. The number of carbonyl (C=O) groups excluding carboxylic acids is 4. The number of rotatable bonds is 12.